The number of aryl methyl sites for hydroxylation is 2. The minimum atomic E-state index is -4.74. The number of anilines is 1. The fourth-order valence-corrected chi connectivity index (χ4v) is 3.19. The molecule has 2 atom stereocenters. The van der Waals surface area contributed by atoms with Crippen LogP contribution in [-0.2, 0) is 9.53 Å². The third-order valence-corrected chi connectivity index (χ3v) is 4.25. The van der Waals surface area contributed by atoms with Gasteiger partial charge >= 0.3 is 18.0 Å². The Balaban J connectivity index is 2.03. The summed E-state index contributed by atoms with van der Waals surface area (Å²) < 4.78 is 46.0. The molecule has 2 heterocycles. The molecule has 1 N–H and O–H groups in total. The predicted octanol–water partition coefficient (Wildman–Crippen LogP) is 2.95. The number of carbonyl (C=O) groups excluding carboxylic acids is 1. The number of cyclic esters (lactones) is 1. The van der Waals surface area contributed by atoms with Crippen molar-refractivity contribution in [1.82, 2.24) is 4.90 Å². The summed E-state index contributed by atoms with van der Waals surface area (Å²) in [5, 5.41) is 2.45. The number of nitrogens with one attached hydrogen (secondary N) is 1. The molecule has 120 valence electrons. The Morgan fingerprint density at radius 3 is 2.73 bits per heavy atom. The Bertz CT molecular complexity index is 617. The second kappa shape index (κ2) is 4.87. The Morgan fingerprint density at radius 1 is 1.36 bits per heavy atom. The summed E-state index contributed by atoms with van der Waals surface area (Å²) >= 11 is 0. The van der Waals surface area contributed by atoms with E-state index in [1.165, 1.54) is 0 Å². The molecule has 7 heteroatoms. The Kier molecular flexibility index (Phi) is 3.36. The number of halogens is 3. The third kappa shape index (κ3) is 2.15. The molecule has 1 unspecified atom stereocenters. The summed E-state index contributed by atoms with van der Waals surface area (Å²) in [6.45, 7) is 3.76. The first kappa shape index (κ1) is 15.1. The van der Waals surface area contributed by atoms with Crippen molar-refractivity contribution in [2.45, 2.75) is 44.8 Å². The molecule has 1 aromatic carbocycles. The Morgan fingerprint density at radius 2 is 2.09 bits per heavy atom. The lowest BCUT2D eigenvalue weighted by Crippen LogP contribution is -2.62. The van der Waals surface area contributed by atoms with Crippen molar-refractivity contribution in [3.63, 3.8) is 0 Å². The summed E-state index contributed by atoms with van der Waals surface area (Å²) in [5.41, 5.74) is 1.93. The molecule has 0 aliphatic carbocycles. The summed E-state index contributed by atoms with van der Waals surface area (Å²) in [6.07, 6.45) is -3.80. The average molecular weight is 314 g/mol. The number of alkyl halides is 3. The van der Waals surface area contributed by atoms with Crippen molar-refractivity contribution < 1.29 is 22.7 Å². The number of benzene rings is 1. The van der Waals surface area contributed by atoms with Crippen LogP contribution in [0.4, 0.5) is 18.9 Å². The van der Waals surface area contributed by atoms with Crippen LogP contribution in [-0.4, -0.2) is 35.5 Å². The largest absolute Gasteiger partial charge is 0.465 e. The lowest BCUT2D eigenvalue weighted by atomic mass is 10.1. The number of nitrogens with zero attached hydrogens (tertiary/aromatic N) is 1. The molecule has 0 saturated carbocycles. The van der Waals surface area contributed by atoms with Crippen molar-refractivity contribution in [2.75, 3.05) is 11.9 Å². The minimum absolute atomic E-state index is 0.174. The highest BCUT2D eigenvalue weighted by Crippen LogP contribution is 2.46. The van der Waals surface area contributed by atoms with Crippen molar-refractivity contribution in [2.24, 2.45) is 0 Å². The van der Waals surface area contributed by atoms with E-state index in [4.69, 9.17) is 4.74 Å². The van der Waals surface area contributed by atoms with Gasteiger partial charge in [-0.2, -0.15) is 13.2 Å². The van der Waals surface area contributed by atoms with Gasteiger partial charge in [0.2, 0.25) is 0 Å². The zero-order chi connectivity index (χ0) is 16.1. The maximum Gasteiger partial charge on any atom is 0.465 e. The van der Waals surface area contributed by atoms with E-state index in [1.807, 2.05) is 6.92 Å². The molecule has 2 saturated heterocycles. The van der Waals surface area contributed by atoms with E-state index in [9.17, 15) is 18.0 Å². The first-order chi connectivity index (χ1) is 10.2. The monoisotopic (exact) mass is 314 g/mol. The minimum Gasteiger partial charge on any atom is -0.414 e. The SMILES string of the molecule is Cc1ccc(NC2(C(F)(F)F)OC(=O)[C@H]3CCCN32)c(C)c1. The van der Waals surface area contributed by atoms with Crippen molar-refractivity contribution in [1.29, 1.82) is 0 Å². The molecule has 4 nitrogen and oxygen atoms in total. The maximum atomic E-state index is 13.7. The predicted molar refractivity (Wildman–Crippen MR) is 74.1 cm³/mol. The van der Waals surface area contributed by atoms with Crippen LogP contribution >= 0.6 is 0 Å². The normalized spacial score (nSPS) is 28.6. The van der Waals surface area contributed by atoms with E-state index in [1.54, 1.807) is 25.1 Å². The van der Waals surface area contributed by atoms with Gasteiger partial charge in [-0.25, -0.2) is 4.90 Å². The Labute approximate surface area is 126 Å². The molecule has 0 aromatic heterocycles. The molecule has 0 spiro atoms. The molecule has 2 fully saturated rings. The Hall–Kier alpha value is -1.76. The van der Waals surface area contributed by atoms with Crippen molar-refractivity contribution >= 4 is 11.7 Å². The quantitative estimate of drug-likeness (QED) is 0.852. The first-order valence-corrected chi connectivity index (χ1v) is 7.16. The zero-order valence-corrected chi connectivity index (χ0v) is 12.3. The second-order valence-corrected chi connectivity index (χ2v) is 5.86. The lowest BCUT2D eigenvalue weighted by Gasteiger charge is -2.37. The van der Waals surface area contributed by atoms with Crippen LogP contribution in [0.25, 0.3) is 0 Å². The van der Waals surface area contributed by atoms with Crippen LogP contribution in [0.5, 0.6) is 0 Å². The van der Waals surface area contributed by atoms with Gasteiger partial charge in [0.05, 0.1) is 0 Å². The molecule has 2 aliphatic rings. The van der Waals surface area contributed by atoms with E-state index in [0.29, 0.717) is 24.1 Å². The van der Waals surface area contributed by atoms with Crippen molar-refractivity contribution in [3.05, 3.63) is 29.3 Å². The number of fused-ring (bicyclic) bond motifs is 1. The van der Waals surface area contributed by atoms with Gasteiger partial charge in [0, 0.05) is 12.2 Å². The fraction of sp³-hybridized carbons (Fsp3) is 0.533. The van der Waals surface area contributed by atoms with Gasteiger partial charge in [-0.3, -0.25) is 4.79 Å². The third-order valence-electron chi connectivity index (χ3n) is 4.25. The van der Waals surface area contributed by atoms with E-state index in [0.717, 1.165) is 10.5 Å². The van der Waals surface area contributed by atoms with Gasteiger partial charge in [0.15, 0.2) is 0 Å². The van der Waals surface area contributed by atoms with Gasteiger partial charge in [-0.05, 0) is 38.3 Å². The highest BCUT2D eigenvalue weighted by molar-refractivity contribution is 5.79. The molecule has 0 amide bonds. The molecule has 0 bridgehead atoms. The molecule has 0 radical (unpaired) electrons. The van der Waals surface area contributed by atoms with Gasteiger partial charge in [0.1, 0.15) is 6.04 Å². The molecule has 2 aliphatic heterocycles. The maximum absolute atomic E-state index is 13.7. The number of esters is 1. The lowest BCUT2D eigenvalue weighted by molar-refractivity contribution is -0.286. The number of rotatable bonds is 2. The number of carbonyl (C=O) groups is 1. The highest BCUT2D eigenvalue weighted by atomic mass is 19.4. The van der Waals surface area contributed by atoms with Crippen LogP contribution in [0.15, 0.2) is 18.2 Å². The first-order valence-electron chi connectivity index (χ1n) is 7.16. The smallest absolute Gasteiger partial charge is 0.414 e. The van der Waals surface area contributed by atoms with E-state index < -0.39 is 24.0 Å². The van der Waals surface area contributed by atoms with Gasteiger partial charge in [-0.1, -0.05) is 17.7 Å². The van der Waals surface area contributed by atoms with Gasteiger partial charge < -0.3 is 10.1 Å². The standard InChI is InChI=1S/C15H17F3N2O2/c1-9-5-6-11(10(2)8-9)19-15(14(16,17)18)20-7-3-4-12(20)13(21)22-15/h5-6,8,12,19H,3-4,7H2,1-2H3/t12-,15?/m1/s1. The van der Waals surface area contributed by atoms with Crippen LogP contribution in [0.1, 0.15) is 24.0 Å². The van der Waals surface area contributed by atoms with E-state index >= 15 is 0 Å². The highest BCUT2D eigenvalue weighted by Gasteiger charge is 2.70. The fourth-order valence-electron chi connectivity index (χ4n) is 3.19. The van der Waals surface area contributed by atoms with E-state index in [-0.39, 0.29) is 6.54 Å². The van der Waals surface area contributed by atoms with Crippen molar-refractivity contribution in [3.8, 4) is 0 Å². The zero-order valence-electron chi connectivity index (χ0n) is 12.3. The van der Waals surface area contributed by atoms with Gasteiger partial charge in [0.25, 0.3) is 0 Å². The topological polar surface area (TPSA) is 41.6 Å². The summed E-state index contributed by atoms with van der Waals surface area (Å²) in [6, 6.07) is 4.26. The van der Waals surface area contributed by atoms with Gasteiger partial charge in [-0.15, -0.1) is 0 Å². The molecule has 1 aromatic rings. The molecular formula is C15H17F3N2O2. The van der Waals surface area contributed by atoms with Crippen LogP contribution in [0, 0.1) is 13.8 Å². The number of hydrogen-bond donors (Lipinski definition) is 1. The molecule has 22 heavy (non-hydrogen) atoms. The second-order valence-electron chi connectivity index (χ2n) is 5.86. The van der Waals surface area contributed by atoms with E-state index in [2.05, 4.69) is 5.32 Å². The average Bonchev–Trinajstić information content (AvgIpc) is 2.97. The van der Waals surface area contributed by atoms with Crippen LogP contribution < -0.4 is 5.32 Å². The summed E-state index contributed by atoms with van der Waals surface area (Å²) in [5.74, 6) is -3.59. The number of ether oxygens (including phenoxy) is 1. The van der Waals surface area contributed by atoms with Crippen LogP contribution in [0.2, 0.25) is 0 Å². The van der Waals surface area contributed by atoms with Crippen LogP contribution in [0.3, 0.4) is 0 Å². The summed E-state index contributed by atoms with van der Waals surface area (Å²) in [4.78, 5) is 12.9. The summed E-state index contributed by atoms with van der Waals surface area (Å²) in [7, 11) is 0. The molecular weight excluding hydrogens is 297 g/mol. The number of hydrogen-bond acceptors (Lipinski definition) is 4. The molecule has 3 rings (SSSR count).